The quantitative estimate of drug-likeness (QED) is 0.658. The molecule has 0 spiro atoms. The highest BCUT2D eigenvalue weighted by Gasteiger charge is 2.55. The molecular weight excluding hydrogens is 305 g/mol. The molecule has 1 fully saturated rings. The number of hydrogen-bond acceptors (Lipinski definition) is 6. The van der Waals surface area contributed by atoms with E-state index in [1.165, 1.54) is 11.1 Å². The van der Waals surface area contributed by atoms with Gasteiger partial charge in [-0.3, -0.25) is 10.1 Å². The molecule has 10 heteroatoms. The highest BCUT2D eigenvalue weighted by molar-refractivity contribution is 5.65. The van der Waals surface area contributed by atoms with Crippen molar-refractivity contribution in [3.05, 3.63) is 27.9 Å². The van der Waals surface area contributed by atoms with Crippen LogP contribution in [0.1, 0.15) is 18.4 Å². The van der Waals surface area contributed by atoms with Crippen LogP contribution in [0.4, 0.5) is 24.7 Å². The molecule has 2 heterocycles. The van der Waals surface area contributed by atoms with Gasteiger partial charge in [-0.05, 0) is 6.07 Å². The third-order valence-corrected chi connectivity index (χ3v) is 3.63. The Bertz CT molecular complexity index is 633. The number of aliphatic hydroxyl groups is 1. The number of piperidine rings is 1. The molecule has 2 rings (SSSR count). The van der Waals surface area contributed by atoms with Gasteiger partial charge in [0, 0.05) is 32.1 Å². The Hall–Kier alpha value is -2.41. The standard InChI is InChI=1S/C12H11F3N4O3/c13-12(14,15)11(20)2-5-18(6-3-11)10-9(19(21)22)8(7-16)1-4-17-10/h1,4,20H,2-3,5-6H2. The van der Waals surface area contributed by atoms with E-state index in [1.54, 1.807) is 6.07 Å². The number of hydrogen-bond donors (Lipinski definition) is 1. The molecule has 22 heavy (non-hydrogen) atoms. The third kappa shape index (κ3) is 2.67. The van der Waals surface area contributed by atoms with Gasteiger partial charge in [0.05, 0.1) is 4.92 Å². The van der Waals surface area contributed by atoms with Gasteiger partial charge in [-0.25, -0.2) is 4.98 Å². The summed E-state index contributed by atoms with van der Waals surface area (Å²) in [4.78, 5) is 15.4. The van der Waals surface area contributed by atoms with Crippen molar-refractivity contribution in [3.63, 3.8) is 0 Å². The lowest BCUT2D eigenvalue weighted by Gasteiger charge is -2.39. The molecular formula is C12H11F3N4O3. The van der Waals surface area contributed by atoms with Crippen molar-refractivity contribution in [2.75, 3.05) is 18.0 Å². The van der Waals surface area contributed by atoms with E-state index >= 15 is 0 Å². The summed E-state index contributed by atoms with van der Waals surface area (Å²) in [6, 6.07) is 2.82. The molecule has 1 N–H and O–H groups in total. The second kappa shape index (κ2) is 5.42. The monoisotopic (exact) mass is 316 g/mol. The average molecular weight is 316 g/mol. The third-order valence-electron chi connectivity index (χ3n) is 3.63. The minimum atomic E-state index is -4.76. The van der Waals surface area contributed by atoms with Crippen LogP contribution in [-0.4, -0.2) is 39.9 Å². The van der Waals surface area contributed by atoms with Crippen molar-refractivity contribution in [1.29, 1.82) is 5.26 Å². The van der Waals surface area contributed by atoms with Crippen molar-refractivity contribution < 1.29 is 23.2 Å². The van der Waals surface area contributed by atoms with Crippen LogP contribution in [0.2, 0.25) is 0 Å². The molecule has 0 atom stereocenters. The predicted molar refractivity (Wildman–Crippen MR) is 68.1 cm³/mol. The number of nitro groups is 1. The van der Waals surface area contributed by atoms with Crippen molar-refractivity contribution in [2.45, 2.75) is 24.6 Å². The van der Waals surface area contributed by atoms with Gasteiger partial charge < -0.3 is 10.0 Å². The lowest BCUT2D eigenvalue weighted by molar-refractivity contribution is -0.384. The lowest BCUT2D eigenvalue weighted by Crippen LogP contribution is -2.53. The fourth-order valence-corrected chi connectivity index (χ4v) is 2.32. The van der Waals surface area contributed by atoms with Gasteiger partial charge >= 0.3 is 11.9 Å². The van der Waals surface area contributed by atoms with Gasteiger partial charge in [-0.15, -0.1) is 0 Å². The minimum Gasteiger partial charge on any atom is -0.380 e. The van der Waals surface area contributed by atoms with Gasteiger partial charge in [0.2, 0.25) is 5.82 Å². The Labute approximate surface area is 122 Å². The fourth-order valence-electron chi connectivity index (χ4n) is 2.32. The fraction of sp³-hybridized carbons (Fsp3) is 0.500. The molecule has 1 saturated heterocycles. The van der Waals surface area contributed by atoms with Crippen molar-refractivity contribution in [1.82, 2.24) is 4.98 Å². The van der Waals surface area contributed by atoms with Crippen molar-refractivity contribution >= 4 is 11.5 Å². The molecule has 0 saturated carbocycles. The first-order valence-corrected chi connectivity index (χ1v) is 6.27. The van der Waals surface area contributed by atoms with Crippen LogP contribution in [0, 0.1) is 21.4 Å². The van der Waals surface area contributed by atoms with Crippen LogP contribution in [0.15, 0.2) is 12.3 Å². The lowest BCUT2D eigenvalue weighted by atomic mass is 9.90. The first kappa shape index (κ1) is 16.0. The zero-order chi connectivity index (χ0) is 16.5. The van der Waals surface area contributed by atoms with Crippen LogP contribution >= 0.6 is 0 Å². The van der Waals surface area contributed by atoms with Crippen molar-refractivity contribution in [3.8, 4) is 6.07 Å². The van der Waals surface area contributed by atoms with E-state index < -0.39 is 35.2 Å². The molecule has 1 aliphatic heterocycles. The number of pyridine rings is 1. The number of aromatic nitrogens is 1. The Kier molecular flexibility index (Phi) is 3.93. The maximum absolute atomic E-state index is 12.7. The molecule has 1 aromatic heterocycles. The van der Waals surface area contributed by atoms with Crippen LogP contribution in [-0.2, 0) is 0 Å². The molecule has 0 bridgehead atoms. The van der Waals surface area contributed by atoms with E-state index in [0.29, 0.717) is 0 Å². The molecule has 0 aliphatic carbocycles. The van der Waals surface area contributed by atoms with E-state index in [-0.39, 0.29) is 24.5 Å². The second-order valence-corrected chi connectivity index (χ2v) is 4.92. The Morgan fingerprint density at radius 1 is 1.45 bits per heavy atom. The van der Waals surface area contributed by atoms with E-state index in [0.717, 1.165) is 6.07 Å². The first-order valence-electron chi connectivity index (χ1n) is 6.27. The summed E-state index contributed by atoms with van der Waals surface area (Å²) >= 11 is 0. The Balaban J connectivity index is 2.30. The maximum atomic E-state index is 12.7. The topological polar surface area (TPSA) is 103 Å². The molecule has 7 nitrogen and oxygen atoms in total. The van der Waals surface area contributed by atoms with Gasteiger partial charge in [-0.2, -0.15) is 18.4 Å². The van der Waals surface area contributed by atoms with E-state index in [2.05, 4.69) is 4.98 Å². The average Bonchev–Trinajstić information content (AvgIpc) is 2.46. The van der Waals surface area contributed by atoms with Gasteiger partial charge in [0.1, 0.15) is 11.6 Å². The number of alkyl halides is 3. The number of nitriles is 1. The summed E-state index contributed by atoms with van der Waals surface area (Å²) in [6.07, 6.45) is -4.81. The van der Waals surface area contributed by atoms with E-state index in [9.17, 15) is 28.4 Å². The highest BCUT2D eigenvalue weighted by atomic mass is 19.4. The number of nitrogens with zero attached hydrogens (tertiary/aromatic N) is 4. The summed E-state index contributed by atoms with van der Waals surface area (Å²) in [7, 11) is 0. The molecule has 1 aromatic rings. The molecule has 0 amide bonds. The molecule has 0 unspecified atom stereocenters. The Morgan fingerprint density at radius 2 is 2.05 bits per heavy atom. The molecule has 1 aliphatic rings. The highest BCUT2D eigenvalue weighted by Crippen LogP contribution is 2.40. The van der Waals surface area contributed by atoms with Gasteiger partial charge in [0.15, 0.2) is 5.60 Å². The molecule has 0 radical (unpaired) electrons. The summed E-state index contributed by atoms with van der Waals surface area (Å²) in [5, 5.41) is 29.6. The van der Waals surface area contributed by atoms with Crippen LogP contribution in [0.5, 0.6) is 0 Å². The largest absolute Gasteiger partial charge is 0.417 e. The summed E-state index contributed by atoms with van der Waals surface area (Å²) in [6.45, 7) is -0.503. The summed E-state index contributed by atoms with van der Waals surface area (Å²) in [5.41, 5.74) is -3.56. The van der Waals surface area contributed by atoms with Crippen LogP contribution < -0.4 is 4.90 Å². The van der Waals surface area contributed by atoms with Crippen LogP contribution in [0.3, 0.4) is 0 Å². The minimum absolute atomic E-state index is 0.159. The molecule has 118 valence electrons. The summed E-state index contributed by atoms with van der Waals surface area (Å²) in [5.74, 6) is -0.159. The maximum Gasteiger partial charge on any atom is 0.417 e. The normalized spacial score (nSPS) is 17.9. The van der Waals surface area contributed by atoms with E-state index in [1.807, 2.05) is 0 Å². The zero-order valence-electron chi connectivity index (χ0n) is 11.2. The van der Waals surface area contributed by atoms with E-state index in [4.69, 9.17) is 5.26 Å². The number of halogens is 3. The number of rotatable bonds is 2. The summed E-state index contributed by atoms with van der Waals surface area (Å²) < 4.78 is 38.2. The number of anilines is 1. The SMILES string of the molecule is N#Cc1ccnc(N2CCC(O)(C(F)(F)F)CC2)c1[N+](=O)[O-]. The van der Waals surface area contributed by atoms with Gasteiger partial charge in [-0.1, -0.05) is 0 Å². The first-order chi connectivity index (χ1) is 10.2. The molecule has 0 aromatic carbocycles. The Morgan fingerprint density at radius 3 is 2.50 bits per heavy atom. The van der Waals surface area contributed by atoms with Gasteiger partial charge in [0.25, 0.3) is 0 Å². The smallest absolute Gasteiger partial charge is 0.380 e. The van der Waals surface area contributed by atoms with Crippen molar-refractivity contribution in [2.24, 2.45) is 0 Å². The van der Waals surface area contributed by atoms with Crippen LogP contribution in [0.25, 0.3) is 0 Å². The predicted octanol–water partition coefficient (Wildman–Crippen LogP) is 1.76. The zero-order valence-corrected chi connectivity index (χ0v) is 11.2. The second-order valence-electron chi connectivity index (χ2n) is 4.92.